The average molecular weight is 213 g/mol. The van der Waals surface area contributed by atoms with Crippen molar-refractivity contribution in [2.24, 2.45) is 0 Å². The van der Waals surface area contributed by atoms with Crippen LogP contribution in [0.2, 0.25) is 0 Å². The van der Waals surface area contributed by atoms with E-state index in [0.717, 1.165) is 12.6 Å². The molecule has 1 aromatic rings. The topological polar surface area (TPSA) is 42.4 Å². The first-order valence-corrected chi connectivity index (χ1v) is 5.10. The molecule has 0 saturated carbocycles. The summed E-state index contributed by atoms with van der Waals surface area (Å²) in [6, 6.07) is 1.29. The molecule has 0 aliphatic rings. The third-order valence-corrected chi connectivity index (χ3v) is 1.99. The second-order valence-corrected chi connectivity index (χ2v) is 3.35. The quantitative estimate of drug-likeness (QED) is 0.735. The molecule has 0 aliphatic carbocycles. The average Bonchev–Trinajstić information content (AvgIpc) is 2.24. The zero-order valence-electron chi connectivity index (χ0n) is 8.82. The fourth-order valence-electron chi connectivity index (χ4n) is 1.22. The summed E-state index contributed by atoms with van der Waals surface area (Å²) in [7, 11) is 0. The lowest BCUT2D eigenvalue weighted by atomic mass is 10.1. The number of hydrogen-bond donors (Lipinski definition) is 1. The third kappa shape index (κ3) is 4.36. The lowest BCUT2D eigenvalue weighted by Gasteiger charge is -2.10. The van der Waals surface area contributed by atoms with Gasteiger partial charge in [0.2, 0.25) is 0 Å². The van der Waals surface area contributed by atoms with Crippen LogP contribution in [0, 0.1) is 5.82 Å². The van der Waals surface area contributed by atoms with E-state index in [9.17, 15) is 9.50 Å². The van der Waals surface area contributed by atoms with Crippen molar-refractivity contribution in [1.29, 1.82) is 0 Å². The van der Waals surface area contributed by atoms with Gasteiger partial charge in [-0.3, -0.25) is 4.98 Å². The molecule has 1 atom stereocenters. The van der Waals surface area contributed by atoms with Crippen molar-refractivity contribution in [3.05, 3.63) is 29.8 Å². The van der Waals surface area contributed by atoms with Crippen LogP contribution in [0.4, 0.5) is 4.39 Å². The number of aliphatic hydroxyl groups excluding tert-OH is 1. The summed E-state index contributed by atoms with van der Waals surface area (Å²) in [4.78, 5) is 3.67. The fourth-order valence-corrected chi connectivity index (χ4v) is 1.22. The van der Waals surface area contributed by atoms with Crippen molar-refractivity contribution in [3.63, 3.8) is 0 Å². The van der Waals surface area contributed by atoms with Crippen molar-refractivity contribution in [1.82, 2.24) is 4.98 Å². The molecule has 1 aromatic heterocycles. The van der Waals surface area contributed by atoms with Gasteiger partial charge in [-0.05, 0) is 12.5 Å². The van der Waals surface area contributed by atoms with E-state index in [0.29, 0.717) is 25.2 Å². The Balaban J connectivity index is 2.36. The highest BCUT2D eigenvalue weighted by molar-refractivity contribution is 5.12. The van der Waals surface area contributed by atoms with Gasteiger partial charge in [0.15, 0.2) is 0 Å². The van der Waals surface area contributed by atoms with Crippen LogP contribution >= 0.6 is 0 Å². The Morgan fingerprint density at radius 3 is 2.93 bits per heavy atom. The summed E-state index contributed by atoms with van der Waals surface area (Å²) < 4.78 is 18.0. The minimum atomic E-state index is -0.704. The number of pyridine rings is 1. The molecule has 1 heterocycles. The van der Waals surface area contributed by atoms with Crippen LogP contribution in [-0.2, 0) is 4.74 Å². The summed E-state index contributed by atoms with van der Waals surface area (Å²) in [6.45, 7) is 3.19. The standard InChI is InChI=1S/C11H16FNO2/c1-2-4-15-5-3-11(14)9-6-10(12)8-13-7-9/h6-8,11,14H,2-5H2,1H3. The van der Waals surface area contributed by atoms with Gasteiger partial charge in [0.1, 0.15) is 5.82 Å². The molecule has 0 fully saturated rings. The summed E-state index contributed by atoms with van der Waals surface area (Å²) in [5.41, 5.74) is 0.495. The molecule has 0 aliphatic heterocycles. The molecular weight excluding hydrogens is 197 g/mol. The van der Waals surface area contributed by atoms with Crippen molar-refractivity contribution in [3.8, 4) is 0 Å². The summed E-state index contributed by atoms with van der Waals surface area (Å²) in [5, 5.41) is 9.66. The van der Waals surface area contributed by atoms with E-state index >= 15 is 0 Å². The van der Waals surface area contributed by atoms with Gasteiger partial charge >= 0.3 is 0 Å². The molecule has 0 saturated heterocycles. The second kappa shape index (κ2) is 6.48. The highest BCUT2D eigenvalue weighted by Crippen LogP contribution is 2.15. The molecule has 1 N–H and O–H groups in total. The monoisotopic (exact) mass is 213 g/mol. The number of halogens is 1. The van der Waals surface area contributed by atoms with Gasteiger partial charge in [0, 0.05) is 31.4 Å². The Morgan fingerprint density at radius 2 is 2.27 bits per heavy atom. The minimum Gasteiger partial charge on any atom is -0.388 e. The normalized spacial score (nSPS) is 12.7. The van der Waals surface area contributed by atoms with Crippen molar-refractivity contribution >= 4 is 0 Å². The van der Waals surface area contributed by atoms with Crippen LogP contribution in [-0.4, -0.2) is 23.3 Å². The smallest absolute Gasteiger partial charge is 0.141 e. The van der Waals surface area contributed by atoms with Gasteiger partial charge in [-0.1, -0.05) is 6.92 Å². The van der Waals surface area contributed by atoms with Crippen molar-refractivity contribution in [2.45, 2.75) is 25.9 Å². The molecule has 15 heavy (non-hydrogen) atoms. The number of rotatable bonds is 6. The summed E-state index contributed by atoms with van der Waals surface area (Å²) >= 11 is 0. The first-order chi connectivity index (χ1) is 7.24. The van der Waals surface area contributed by atoms with Gasteiger partial charge in [-0.25, -0.2) is 4.39 Å². The van der Waals surface area contributed by atoms with Crippen LogP contribution in [0.3, 0.4) is 0 Å². The van der Waals surface area contributed by atoms with Crippen LogP contribution in [0.1, 0.15) is 31.4 Å². The van der Waals surface area contributed by atoms with E-state index < -0.39 is 11.9 Å². The van der Waals surface area contributed by atoms with E-state index in [1.807, 2.05) is 6.92 Å². The first kappa shape index (κ1) is 12.1. The fraction of sp³-hybridized carbons (Fsp3) is 0.545. The van der Waals surface area contributed by atoms with E-state index in [1.54, 1.807) is 0 Å². The number of aromatic nitrogens is 1. The van der Waals surface area contributed by atoms with E-state index in [1.165, 1.54) is 12.3 Å². The van der Waals surface area contributed by atoms with E-state index in [4.69, 9.17) is 4.74 Å². The number of nitrogens with zero attached hydrogens (tertiary/aromatic N) is 1. The third-order valence-electron chi connectivity index (χ3n) is 1.99. The molecule has 3 nitrogen and oxygen atoms in total. The zero-order chi connectivity index (χ0) is 11.1. The van der Waals surface area contributed by atoms with Crippen molar-refractivity contribution in [2.75, 3.05) is 13.2 Å². The molecule has 4 heteroatoms. The molecule has 84 valence electrons. The Kier molecular flexibility index (Phi) is 5.21. The van der Waals surface area contributed by atoms with Gasteiger partial charge < -0.3 is 9.84 Å². The van der Waals surface area contributed by atoms with E-state index in [2.05, 4.69) is 4.98 Å². The maximum atomic E-state index is 12.8. The molecular formula is C11H16FNO2. The second-order valence-electron chi connectivity index (χ2n) is 3.35. The molecule has 1 unspecified atom stereocenters. The van der Waals surface area contributed by atoms with E-state index in [-0.39, 0.29) is 0 Å². The first-order valence-electron chi connectivity index (χ1n) is 5.10. The predicted octanol–water partition coefficient (Wildman–Crippen LogP) is 2.07. The summed E-state index contributed by atoms with van der Waals surface area (Å²) in [6.07, 6.45) is 3.30. The van der Waals surface area contributed by atoms with Crippen LogP contribution in [0.5, 0.6) is 0 Å². The summed E-state index contributed by atoms with van der Waals surface area (Å²) in [5.74, 6) is -0.430. The molecule has 1 rings (SSSR count). The van der Waals surface area contributed by atoms with Crippen LogP contribution in [0.25, 0.3) is 0 Å². The maximum Gasteiger partial charge on any atom is 0.141 e. The van der Waals surface area contributed by atoms with Gasteiger partial charge in [0.05, 0.1) is 12.3 Å². The molecule has 0 bridgehead atoms. The Hall–Kier alpha value is -1.00. The highest BCUT2D eigenvalue weighted by atomic mass is 19.1. The van der Waals surface area contributed by atoms with Gasteiger partial charge in [-0.15, -0.1) is 0 Å². The number of hydrogen-bond acceptors (Lipinski definition) is 3. The largest absolute Gasteiger partial charge is 0.388 e. The highest BCUT2D eigenvalue weighted by Gasteiger charge is 2.08. The Bertz CT molecular complexity index is 294. The maximum absolute atomic E-state index is 12.8. The lowest BCUT2D eigenvalue weighted by Crippen LogP contribution is -2.04. The number of ether oxygens (including phenoxy) is 1. The lowest BCUT2D eigenvalue weighted by molar-refractivity contribution is 0.0819. The van der Waals surface area contributed by atoms with Gasteiger partial charge in [-0.2, -0.15) is 0 Å². The number of aliphatic hydroxyl groups is 1. The minimum absolute atomic E-state index is 0.430. The Morgan fingerprint density at radius 1 is 1.47 bits per heavy atom. The molecule has 0 radical (unpaired) electrons. The predicted molar refractivity (Wildman–Crippen MR) is 54.9 cm³/mol. The molecule has 0 aromatic carbocycles. The Labute approximate surface area is 88.9 Å². The van der Waals surface area contributed by atoms with Crippen LogP contribution < -0.4 is 0 Å². The van der Waals surface area contributed by atoms with Gasteiger partial charge in [0.25, 0.3) is 0 Å². The molecule has 0 spiro atoms. The zero-order valence-corrected chi connectivity index (χ0v) is 8.82. The van der Waals surface area contributed by atoms with Crippen LogP contribution in [0.15, 0.2) is 18.5 Å². The molecule has 0 amide bonds. The van der Waals surface area contributed by atoms with Crippen molar-refractivity contribution < 1.29 is 14.2 Å². The SMILES string of the molecule is CCCOCCC(O)c1cncc(F)c1.